The summed E-state index contributed by atoms with van der Waals surface area (Å²) in [4.78, 5) is 14.9. The Labute approximate surface area is 157 Å². The molecule has 0 saturated heterocycles. The van der Waals surface area contributed by atoms with Crippen molar-refractivity contribution < 1.29 is 13.7 Å². The Morgan fingerprint density at radius 2 is 1.96 bits per heavy atom. The molecule has 1 heterocycles. The fraction of sp³-hybridized carbons (Fsp3) is 0.450. The molecule has 1 N–H and O–H groups in total. The third-order valence-corrected chi connectivity index (χ3v) is 5.12. The number of benzene rings is 1. The molecule has 2 rings (SSSR count). The molecule has 0 radical (unpaired) electrons. The summed E-state index contributed by atoms with van der Waals surface area (Å²) in [7, 11) is -1.01. The SMILES string of the molecule is CCCOc1c[nH]c(CS(=O)CCCCOc2cccc(C)c2)cc1=O. The number of aromatic amines is 1. The van der Waals surface area contributed by atoms with E-state index in [9.17, 15) is 9.00 Å². The normalized spacial score (nSPS) is 11.9. The minimum absolute atomic E-state index is 0.171. The molecule has 0 spiro atoms. The van der Waals surface area contributed by atoms with Crippen molar-refractivity contribution >= 4 is 10.8 Å². The highest BCUT2D eigenvalue weighted by Gasteiger charge is 2.06. The van der Waals surface area contributed by atoms with E-state index in [2.05, 4.69) is 4.98 Å². The van der Waals surface area contributed by atoms with E-state index in [1.807, 2.05) is 38.1 Å². The first-order chi connectivity index (χ1) is 12.6. The van der Waals surface area contributed by atoms with Crippen LogP contribution >= 0.6 is 0 Å². The Hall–Kier alpha value is -2.08. The highest BCUT2D eigenvalue weighted by Crippen LogP contribution is 2.13. The van der Waals surface area contributed by atoms with Gasteiger partial charge in [-0.3, -0.25) is 9.00 Å². The van der Waals surface area contributed by atoms with E-state index in [0.29, 0.717) is 36.2 Å². The molecule has 1 unspecified atom stereocenters. The van der Waals surface area contributed by atoms with Crippen LogP contribution in [0, 0.1) is 6.92 Å². The van der Waals surface area contributed by atoms with Crippen LogP contribution in [0.1, 0.15) is 37.4 Å². The summed E-state index contributed by atoms with van der Waals surface area (Å²) in [5.74, 6) is 2.12. The summed E-state index contributed by atoms with van der Waals surface area (Å²) < 4.78 is 23.2. The van der Waals surface area contributed by atoms with E-state index >= 15 is 0 Å². The molecule has 0 saturated carbocycles. The number of nitrogens with one attached hydrogen (secondary N) is 1. The molecule has 0 aliphatic carbocycles. The minimum atomic E-state index is -1.01. The first kappa shape index (κ1) is 20.2. The number of rotatable bonds is 11. The van der Waals surface area contributed by atoms with Crippen LogP contribution in [-0.4, -0.2) is 28.2 Å². The summed E-state index contributed by atoms with van der Waals surface area (Å²) in [5.41, 5.74) is 1.67. The molecule has 6 heteroatoms. The van der Waals surface area contributed by atoms with Gasteiger partial charge in [-0.1, -0.05) is 19.1 Å². The van der Waals surface area contributed by atoms with Crippen molar-refractivity contribution in [3.8, 4) is 11.5 Å². The number of hydrogen-bond donors (Lipinski definition) is 1. The second-order valence-electron chi connectivity index (χ2n) is 6.20. The van der Waals surface area contributed by atoms with Gasteiger partial charge in [-0.05, 0) is 43.9 Å². The Kier molecular flexibility index (Phi) is 8.41. The van der Waals surface area contributed by atoms with Gasteiger partial charge in [0.15, 0.2) is 5.75 Å². The maximum atomic E-state index is 12.2. The van der Waals surface area contributed by atoms with Crippen molar-refractivity contribution in [1.82, 2.24) is 4.98 Å². The third-order valence-electron chi connectivity index (χ3n) is 3.74. The third kappa shape index (κ3) is 7.04. The first-order valence-electron chi connectivity index (χ1n) is 8.97. The second kappa shape index (κ2) is 10.8. The predicted molar refractivity (Wildman–Crippen MR) is 105 cm³/mol. The van der Waals surface area contributed by atoms with Crippen LogP contribution in [0.25, 0.3) is 0 Å². The molecule has 26 heavy (non-hydrogen) atoms. The highest BCUT2D eigenvalue weighted by atomic mass is 32.2. The Morgan fingerprint density at radius 1 is 1.12 bits per heavy atom. The zero-order valence-corrected chi connectivity index (χ0v) is 16.3. The molecule has 0 aliphatic heterocycles. The van der Waals surface area contributed by atoms with Gasteiger partial charge in [0.1, 0.15) is 5.75 Å². The number of aryl methyl sites for hydroxylation is 1. The number of unbranched alkanes of at least 4 members (excludes halogenated alkanes) is 1. The van der Waals surface area contributed by atoms with Gasteiger partial charge in [0.2, 0.25) is 5.43 Å². The predicted octanol–water partition coefficient (Wildman–Crippen LogP) is 3.58. The van der Waals surface area contributed by atoms with Gasteiger partial charge >= 0.3 is 0 Å². The standard InChI is InChI=1S/C20H27NO4S/c1-3-9-25-20-14-21-17(13-19(20)22)15-26(23)11-5-4-10-24-18-8-6-7-16(2)12-18/h6-8,12-14H,3-5,9-11,15H2,1-2H3,(H,21,22). The molecule has 1 aromatic carbocycles. The Balaban J connectivity index is 1.68. The summed E-state index contributed by atoms with van der Waals surface area (Å²) in [6.45, 7) is 5.14. The van der Waals surface area contributed by atoms with Crippen LogP contribution < -0.4 is 14.9 Å². The number of ether oxygens (including phenoxy) is 2. The van der Waals surface area contributed by atoms with Crippen LogP contribution in [0.3, 0.4) is 0 Å². The quantitative estimate of drug-likeness (QED) is 0.608. The van der Waals surface area contributed by atoms with Gasteiger partial charge in [0.25, 0.3) is 0 Å². The largest absolute Gasteiger partial charge is 0.494 e. The number of aromatic nitrogens is 1. The molecule has 5 nitrogen and oxygen atoms in total. The average molecular weight is 378 g/mol. The number of hydrogen-bond acceptors (Lipinski definition) is 4. The Bertz CT molecular complexity index is 772. The van der Waals surface area contributed by atoms with Gasteiger partial charge in [0.05, 0.1) is 19.0 Å². The van der Waals surface area contributed by atoms with Crippen LogP contribution in [0.5, 0.6) is 11.5 Å². The maximum absolute atomic E-state index is 12.2. The van der Waals surface area contributed by atoms with E-state index < -0.39 is 10.8 Å². The molecular weight excluding hydrogens is 350 g/mol. The summed E-state index contributed by atoms with van der Waals surface area (Å²) in [5, 5.41) is 0. The lowest BCUT2D eigenvalue weighted by Crippen LogP contribution is -2.12. The van der Waals surface area contributed by atoms with E-state index in [4.69, 9.17) is 9.47 Å². The maximum Gasteiger partial charge on any atom is 0.223 e. The summed E-state index contributed by atoms with van der Waals surface area (Å²) in [6, 6.07) is 9.42. The van der Waals surface area contributed by atoms with Gasteiger partial charge in [0, 0.05) is 34.5 Å². The molecule has 0 amide bonds. The lowest BCUT2D eigenvalue weighted by molar-refractivity contribution is 0.309. The topological polar surface area (TPSA) is 68.4 Å². The molecule has 1 aromatic heterocycles. The number of pyridine rings is 1. The molecule has 1 atom stereocenters. The minimum Gasteiger partial charge on any atom is -0.494 e. The zero-order valence-electron chi connectivity index (χ0n) is 15.5. The van der Waals surface area contributed by atoms with Crippen molar-refractivity contribution in [2.24, 2.45) is 0 Å². The van der Waals surface area contributed by atoms with Crippen molar-refractivity contribution in [1.29, 1.82) is 0 Å². The van der Waals surface area contributed by atoms with Gasteiger partial charge in [-0.25, -0.2) is 0 Å². The van der Waals surface area contributed by atoms with Crippen LogP contribution in [0.4, 0.5) is 0 Å². The van der Waals surface area contributed by atoms with Crippen molar-refractivity contribution in [2.45, 2.75) is 38.9 Å². The van der Waals surface area contributed by atoms with E-state index in [-0.39, 0.29) is 5.43 Å². The van der Waals surface area contributed by atoms with Crippen molar-refractivity contribution in [2.75, 3.05) is 19.0 Å². The molecule has 2 aromatic rings. The first-order valence-corrected chi connectivity index (χ1v) is 10.5. The molecular formula is C20H27NO4S. The van der Waals surface area contributed by atoms with Crippen LogP contribution in [0.2, 0.25) is 0 Å². The fourth-order valence-corrected chi connectivity index (χ4v) is 3.60. The van der Waals surface area contributed by atoms with Gasteiger partial charge in [-0.2, -0.15) is 0 Å². The zero-order chi connectivity index (χ0) is 18.8. The Morgan fingerprint density at radius 3 is 2.69 bits per heavy atom. The molecule has 0 fully saturated rings. The summed E-state index contributed by atoms with van der Waals surface area (Å²) >= 11 is 0. The fourth-order valence-electron chi connectivity index (χ4n) is 2.41. The van der Waals surface area contributed by atoms with E-state index in [1.165, 1.54) is 11.6 Å². The highest BCUT2D eigenvalue weighted by molar-refractivity contribution is 7.84. The molecule has 0 aliphatic rings. The second-order valence-corrected chi connectivity index (χ2v) is 7.77. The van der Waals surface area contributed by atoms with E-state index in [1.54, 1.807) is 6.20 Å². The van der Waals surface area contributed by atoms with Crippen molar-refractivity contribution in [3.05, 3.63) is 58.0 Å². The lowest BCUT2D eigenvalue weighted by atomic mass is 10.2. The smallest absolute Gasteiger partial charge is 0.223 e. The monoisotopic (exact) mass is 377 g/mol. The van der Waals surface area contributed by atoms with Gasteiger partial charge < -0.3 is 14.5 Å². The van der Waals surface area contributed by atoms with E-state index in [0.717, 1.165) is 25.0 Å². The van der Waals surface area contributed by atoms with Crippen LogP contribution in [-0.2, 0) is 16.6 Å². The van der Waals surface area contributed by atoms with Crippen molar-refractivity contribution in [3.63, 3.8) is 0 Å². The molecule has 0 bridgehead atoms. The van der Waals surface area contributed by atoms with Crippen LogP contribution in [0.15, 0.2) is 41.3 Å². The average Bonchev–Trinajstić information content (AvgIpc) is 2.61. The lowest BCUT2D eigenvalue weighted by Gasteiger charge is -2.07. The van der Waals surface area contributed by atoms with Gasteiger partial charge in [-0.15, -0.1) is 0 Å². The summed E-state index contributed by atoms with van der Waals surface area (Å²) in [6.07, 6.45) is 4.07. The molecule has 142 valence electrons. The number of H-pyrrole nitrogens is 1.